The summed E-state index contributed by atoms with van der Waals surface area (Å²) in [7, 11) is 1.99. The van der Waals surface area contributed by atoms with Crippen molar-refractivity contribution in [1.29, 1.82) is 0 Å². The normalized spacial score (nSPS) is 12.6. The molecule has 1 rings (SSSR count). The summed E-state index contributed by atoms with van der Waals surface area (Å²) >= 11 is 0. The topological polar surface area (TPSA) is 28.2 Å². The van der Waals surface area contributed by atoms with Gasteiger partial charge in [0.15, 0.2) is 0 Å². The molecule has 0 aliphatic rings. The lowest BCUT2D eigenvalue weighted by molar-refractivity contribution is 0.616. The fourth-order valence-corrected chi connectivity index (χ4v) is 2.37. The lowest BCUT2D eigenvalue weighted by Crippen LogP contribution is -2.34. The van der Waals surface area contributed by atoms with E-state index in [1.807, 2.05) is 7.05 Å². The van der Waals surface area contributed by atoms with Crippen molar-refractivity contribution in [2.75, 3.05) is 18.5 Å². The van der Waals surface area contributed by atoms with Crippen LogP contribution in [0, 0.1) is 13.8 Å². The molecule has 0 aliphatic carbocycles. The zero-order chi connectivity index (χ0) is 13.7. The van der Waals surface area contributed by atoms with Crippen LogP contribution in [0.4, 0.5) is 5.82 Å². The Morgan fingerprint density at radius 2 is 2.00 bits per heavy atom. The molecule has 1 aromatic heterocycles. The van der Waals surface area contributed by atoms with Gasteiger partial charge in [-0.3, -0.25) is 0 Å². The second kappa shape index (κ2) is 6.74. The molecule has 1 unspecified atom stereocenters. The van der Waals surface area contributed by atoms with Gasteiger partial charge in [0.2, 0.25) is 0 Å². The van der Waals surface area contributed by atoms with Crippen LogP contribution in [0.2, 0.25) is 0 Å². The van der Waals surface area contributed by atoms with Crippen LogP contribution in [-0.4, -0.2) is 24.6 Å². The second-order valence-corrected chi connectivity index (χ2v) is 4.96. The molecule has 0 amide bonds. The van der Waals surface area contributed by atoms with Crippen LogP contribution in [-0.2, 0) is 6.54 Å². The van der Waals surface area contributed by atoms with Gasteiger partial charge in [-0.25, -0.2) is 4.98 Å². The number of nitrogens with one attached hydrogen (secondary N) is 1. The van der Waals surface area contributed by atoms with Crippen molar-refractivity contribution in [3.05, 3.63) is 22.9 Å². The third-order valence-electron chi connectivity index (χ3n) is 3.54. The van der Waals surface area contributed by atoms with Crippen LogP contribution in [0.3, 0.4) is 0 Å². The molecular formula is C15H27N3. The van der Waals surface area contributed by atoms with Crippen molar-refractivity contribution >= 4 is 5.82 Å². The zero-order valence-corrected chi connectivity index (χ0v) is 12.7. The fraction of sp³-hybridized carbons (Fsp3) is 0.667. The van der Waals surface area contributed by atoms with Crippen molar-refractivity contribution in [1.82, 2.24) is 10.3 Å². The summed E-state index contributed by atoms with van der Waals surface area (Å²) in [4.78, 5) is 7.19. The van der Waals surface area contributed by atoms with Crippen LogP contribution in [0.25, 0.3) is 0 Å². The minimum absolute atomic E-state index is 0.527. The van der Waals surface area contributed by atoms with E-state index >= 15 is 0 Å². The Labute approximate surface area is 112 Å². The molecule has 0 fully saturated rings. The molecule has 18 heavy (non-hydrogen) atoms. The highest BCUT2D eigenvalue weighted by atomic mass is 15.2. The number of hydrogen-bond donors (Lipinski definition) is 1. The van der Waals surface area contributed by atoms with E-state index < -0.39 is 0 Å². The van der Waals surface area contributed by atoms with Crippen molar-refractivity contribution < 1.29 is 0 Å². The number of aryl methyl sites for hydroxylation is 2. The van der Waals surface area contributed by atoms with Crippen molar-refractivity contribution in [2.24, 2.45) is 0 Å². The maximum Gasteiger partial charge on any atom is 0.133 e. The third-order valence-corrected chi connectivity index (χ3v) is 3.54. The Balaban J connectivity index is 3.26. The minimum Gasteiger partial charge on any atom is -0.354 e. The highest BCUT2D eigenvalue weighted by molar-refractivity contribution is 5.52. The number of hydrogen-bond acceptors (Lipinski definition) is 3. The van der Waals surface area contributed by atoms with Gasteiger partial charge in [-0.2, -0.15) is 0 Å². The Morgan fingerprint density at radius 3 is 2.50 bits per heavy atom. The molecule has 1 aromatic rings. The number of aromatic nitrogens is 1. The average Bonchev–Trinajstić information content (AvgIpc) is 2.33. The lowest BCUT2D eigenvalue weighted by atomic mass is 10.1. The molecular weight excluding hydrogens is 222 g/mol. The van der Waals surface area contributed by atoms with Crippen LogP contribution >= 0.6 is 0 Å². The molecule has 1 atom stereocenters. The minimum atomic E-state index is 0.527. The Kier molecular flexibility index (Phi) is 5.60. The first-order valence-electron chi connectivity index (χ1n) is 6.93. The Bertz CT molecular complexity index is 388. The molecule has 0 aliphatic heterocycles. The second-order valence-electron chi connectivity index (χ2n) is 4.96. The van der Waals surface area contributed by atoms with Crippen molar-refractivity contribution in [3.63, 3.8) is 0 Å². The summed E-state index contributed by atoms with van der Waals surface area (Å²) in [6.45, 7) is 12.8. The van der Waals surface area contributed by atoms with Gasteiger partial charge in [-0.05, 0) is 52.8 Å². The van der Waals surface area contributed by atoms with Crippen LogP contribution in [0.1, 0.15) is 44.0 Å². The summed E-state index contributed by atoms with van der Waals surface area (Å²) < 4.78 is 0. The molecule has 0 saturated heterocycles. The monoisotopic (exact) mass is 249 g/mol. The van der Waals surface area contributed by atoms with Gasteiger partial charge < -0.3 is 10.2 Å². The Hall–Kier alpha value is -1.09. The smallest absolute Gasteiger partial charge is 0.133 e. The van der Waals surface area contributed by atoms with E-state index in [2.05, 4.69) is 50.9 Å². The number of rotatable bonds is 6. The third kappa shape index (κ3) is 3.22. The molecule has 1 N–H and O–H groups in total. The SMILES string of the molecule is CCC(C)N(CC)c1nc(C)cc(C)c1CNC. The molecule has 0 spiro atoms. The van der Waals surface area contributed by atoms with E-state index in [-0.39, 0.29) is 0 Å². The number of pyridine rings is 1. The molecule has 1 heterocycles. The molecule has 0 saturated carbocycles. The first kappa shape index (κ1) is 15.0. The number of nitrogens with zero attached hydrogens (tertiary/aromatic N) is 2. The van der Waals surface area contributed by atoms with Crippen molar-refractivity contribution in [3.8, 4) is 0 Å². The van der Waals surface area contributed by atoms with E-state index in [4.69, 9.17) is 4.98 Å². The predicted molar refractivity (Wildman–Crippen MR) is 79.2 cm³/mol. The fourth-order valence-electron chi connectivity index (χ4n) is 2.37. The van der Waals surface area contributed by atoms with Gasteiger partial charge in [0.1, 0.15) is 5.82 Å². The largest absolute Gasteiger partial charge is 0.354 e. The molecule has 0 aromatic carbocycles. The van der Waals surface area contributed by atoms with Crippen LogP contribution in [0.15, 0.2) is 6.07 Å². The first-order valence-corrected chi connectivity index (χ1v) is 6.93. The summed E-state index contributed by atoms with van der Waals surface area (Å²) in [5, 5.41) is 3.25. The van der Waals surface area contributed by atoms with Gasteiger partial charge >= 0.3 is 0 Å². The molecule has 3 nitrogen and oxygen atoms in total. The van der Waals surface area contributed by atoms with E-state index in [0.717, 1.165) is 31.0 Å². The number of anilines is 1. The average molecular weight is 249 g/mol. The lowest BCUT2D eigenvalue weighted by Gasteiger charge is -2.31. The van der Waals surface area contributed by atoms with Crippen molar-refractivity contribution in [2.45, 2.75) is 53.6 Å². The van der Waals surface area contributed by atoms with E-state index in [1.165, 1.54) is 11.1 Å². The van der Waals surface area contributed by atoms with Gasteiger partial charge in [0, 0.05) is 30.4 Å². The molecule has 0 radical (unpaired) electrons. The molecule has 0 bridgehead atoms. The summed E-state index contributed by atoms with van der Waals surface area (Å²) in [6.07, 6.45) is 1.14. The predicted octanol–water partition coefficient (Wildman–Crippen LogP) is 3.04. The highest BCUT2D eigenvalue weighted by Gasteiger charge is 2.17. The van der Waals surface area contributed by atoms with E-state index in [1.54, 1.807) is 0 Å². The molecule has 3 heteroatoms. The highest BCUT2D eigenvalue weighted by Crippen LogP contribution is 2.24. The summed E-state index contributed by atoms with van der Waals surface area (Å²) in [5.74, 6) is 1.15. The Morgan fingerprint density at radius 1 is 1.33 bits per heavy atom. The summed E-state index contributed by atoms with van der Waals surface area (Å²) in [6, 6.07) is 2.69. The maximum atomic E-state index is 4.78. The van der Waals surface area contributed by atoms with Gasteiger partial charge in [-0.1, -0.05) is 6.92 Å². The van der Waals surface area contributed by atoms with Crippen LogP contribution < -0.4 is 10.2 Å². The maximum absolute atomic E-state index is 4.78. The van der Waals surface area contributed by atoms with Gasteiger partial charge in [0.25, 0.3) is 0 Å². The van der Waals surface area contributed by atoms with Gasteiger partial charge in [-0.15, -0.1) is 0 Å². The van der Waals surface area contributed by atoms with E-state index in [9.17, 15) is 0 Å². The van der Waals surface area contributed by atoms with Crippen LogP contribution in [0.5, 0.6) is 0 Å². The molecule has 102 valence electrons. The summed E-state index contributed by atoms with van der Waals surface area (Å²) in [5.41, 5.74) is 3.75. The zero-order valence-electron chi connectivity index (χ0n) is 12.7. The van der Waals surface area contributed by atoms with E-state index in [0.29, 0.717) is 6.04 Å². The first-order chi connectivity index (χ1) is 8.54. The quantitative estimate of drug-likeness (QED) is 0.840. The van der Waals surface area contributed by atoms with Gasteiger partial charge in [0.05, 0.1) is 0 Å². The standard InChI is InChI=1S/C15H27N3/c1-7-13(5)18(8-2)15-14(10-16-6)11(3)9-12(4)17-15/h9,13,16H,7-8,10H2,1-6H3.